The van der Waals surface area contributed by atoms with Gasteiger partial charge < -0.3 is 9.47 Å². The lowest BCUT2D eigenvalue weighted by atomic mass is 10.2. The Morgan fingerprint density at radius 1 is 1.33 bits per heavy atom. The fraction of sp³-hybridized carbons (Fsp3) is 0.368. The Morgan fingerprint density at radius 3 is 2.89 bits per heavy atom. The predicted molar refractivity (Wildman–Crippen MR) is 109 cm³/mol. The number of benzene rings is 1. The summed E-state index contributed by atoms with van der Waals surface area (Å²) < 4.78 is 1.97. The Hall–Kier alpha value is -2.24. The third kappa shape index (κ3) is 4.37. The number of ketones is 1. The maximum atomic E-state index is 12.7. The molecule has 0 saturated carbocycles. The minimum absolute atomic E-state index is 0.170. The quantitative estimate of drug-likeness (QED) is 0.286. The van der Waals surface area contributed by atoms with Crippen LogP contribution >= 0.6 is 23.5 Å². The molecule has 1 aliphatic heterocycles. The first-order valence-corrected chi connectivity index (χ1v) is 10.6. The predicted octanol–water partition coefficient (Wildman–Crippen LogP) is 4.11. The van der Waals surface area contributed by atoms with E-state index >= 15 is 0 Å². The number of rotatable bonds is 8. The minimum atomic E-state index is -0.187. The first kappa shape index (κ1) is 19.5. The van der Waals surface area contributed by atoms with Gasteiger partial charge in [-0.2, -0.15) is 5.26 Å². The van der Waals surface area contributed by atoms with Crippen LogP contribution < -0.4 is 4.90 Å². The van der Waals surface area contributed by atoms with Gasteiger partial charge in [-0.3, -0.25) is 4.79 Å². The van der Waals surface area contributed by atoms with Gasteiger partial charge in [-0.05, 0) is 18.6 Å². The number of aryl methyl sites for hydroxylation is 1. The van der Waals surface area contributed by atoms with Crippen LogP contribution in [0.15, 0.2) is 51.2 Å². The second-order valence-corrected chi connectivity index (χ2v) is 8.12. The van der Waals surface area contributed by atoms with Crippen LogP contribution in [-0.4, -0.2) is 33.3 Å². The van der Waals surface area contributed by atoms with Gasteiger partial charge in [0.2, 0.25) is 0 Å². The minimum Gasteiger partial charge on any atom is -0.337 e. The number of carbonyl (C=O) groups is 1. The number of hydrogen-bond donors (Lipinski definition) is 0. The molecule has 0 aliphatic carbocycles. The van der Waals surface area contributed by atoms with Gasteiger partial charge >= 0.3 is 0 Å². The summed E-state index contributed by atoms with van der Waals surface area (Å²) in [6.45, 7) is 3.01. The third-order valence-corrected chi connectivity index (χ3v) is 6.47. The molecular weight excluding hydrogens is 378 g/mol. The number of anilines is 1. The van der Waals surface area contributed by atoms with Crippen molar-refractivity contribution in [1.29, 1.82) is 5.26 Å². The molecular formula is C19H21N5OS2. The first-order chi connectivity index (χ1) is 13.2. The van der Waals surface area contributed by atoms with Crippen molar-refractivity contribution in [3.8, 4) is 6.07 Å². The molecule has 0 radical (unpaired) electrons. The lowest BCUT2D eigenvalue weighted by molar-refractivity contribution is -0.112. The fourth-order valence-corrected chi connectivity index (χ4v) is 4.77. The van der Waals surface area contributed by atoms with E-state index in [1.54, 1.807) is 6.33 Å². The largest absolute Gasteiger partial charge is 0.337 e. The van der Waals surface area contributed by atoms with Crippen LogP contribution in [-0.2, 0) is 11.3 Å². The smallest absolute Gasteiger partial charge is 0.191 e. The molecule has 0 atom stereocenters. The Kier molecular flexibility index (Phi) is 6.58. The molecule has 140 valence electrons. The van der Waals surface area contributed by atoms with Crippen LogP contribution in [0.3, 0.4) is 0 Å². The van der Waals surface area contributed by atoms with Crippen LogP contribution in [0, 0.1) is 11.3 Å². The molecule has 1 aromatic carbocycles. The number of nitrogens with zero attached hydrogens (tertiary/aromatic N) is 5. The number of Topliss-reactive ketones (excluding diaryl/α,β-unsaturated/α-hetero) is 1. The molecule has 1 aliphatic rings. The van der Waals surface area contributed by atoms with Crippen LogP contribution in [0.25, 0.3) is 0 Å². The standard InChI is InChI=1S/C19H21N5OS2/c1-3-4-7-10-24-13-21-22-19(24)26-12-16(25)14(11-20)18-23(2)15-8-5-6-9-17(15)27-18/h5-6,8-9,13H,3-4,7,10,12H2,1-2H3. The van der Waals surface area contributed by atoms with Crippen molar-refractivity contribution in [2.45, 2.75) is 42.8 Å². The van der Waals surface area contributed by atoms with Gasteiger partial charge in [-0.15, -0.1) is 10.2 Å². The van der Waals surface area contributed by atoms with E-state index in [0.29, 0.717) is 5.03 Å². The van der Waals surface area contributed by atoms with Crippen molar-refractivity contribution in [2.24, 2.45) is 0 Å². The number of allylic oxidation sites excluding steroid dienone is 1. The number of nitriles is 1. The van der Waals surface area contributed by atoms with Crippen LogP contribution in [0.5, 0.6) is 0 Å². The summed E-state index contributed by atoms with van der Waals surface area (Å²) in [5.74, 6) is -0.0170. The number of thioether (sulfide) groups is 2. The SMILES string of the molecule is CCCCCn1cnnc1SCC(=O)C(C#N)=C1Sc2ccccc2N1C. The van der Waals surface area contributed by atoms with Crippen molar-refractivity contribution < 1.29 is 4.79 Å². The Bertz CT molecular complexity index is 900. The maximum absolute atomic E-state index is 12.7. The molecule has 1 aromatic heterocycles. The maximum Gasteiger partial charge on any atom is 0.191 e. The van der Waals surface area contributed by atoms with Crippen molar-refractivity contribution >= 4 is 35.0 Å². The molecule has 2 aromatic rings. The molecule has 0 amide bonds. The zero-order chi connectivity index (χ0) is 19.2. The number of unbranched alkanes of at least 4 members (excludes halogenated alkanes) is 2. The van der Waals surface area contributed by atoms with Crippen LogP contribution in [0.4, 0.5) is 5.69 Å². The summed E-state index contributed by atoms with van der Waals surface area (Å²) in [6.07, 6.45) is 5.05. The molecule has 0 fully saturated rings. The molecule has 0 saturated heterocycles. The normalized spacial score (nSPS) is 14.8. The highest BCUT2D eigenvalue weighted by Crippen LogP contribution is 2.46. The molecule has 3 rings (SSSR count). The van der Waals surface area contributed by atoms with Gasteiger partial charge in [0, 0.05) is 18.5 Å². The van der Waals surface area contributed by atoms with Gasteiger partial charge in [-0.25, -0.2) is 0 Å². The summed E-state index contributed by atoms with van der Waals surface area (Å²) >= 11 is 2.80. The lowest BCUT2D eigenvalue weighted by Gasteiger charge is -2.14. The highest BCUT2D eigenvalue weighted by molar-refractivity contribution is 8.03. The highest BCUT2D eigenvalue weighted by atomic mass is 32.2. The van der Waals surface area contributed by atoms with Gasteiger partial charge in [-0.1, -0.05) is 55.4 Å². The van der Waals surface area contributed by atoms with Crippen molar-refractivity contribution in [2.75, 3.05) is 17.7 Å². The van der Waals surface area contributed by atoms with Crippen LogP contribution in [0.2, 0.25) is 0 Å². The molecule has 8 heteroatoms. The highest BCUT2D eigenvalue weighted by Gasteiger charge is 2.28. The summed E-state index contributed by atoms with van der Waals surface area (Å²) in [5.41, 5.74) is 1.21. The van der Waals surface area contributed by atoms with E-state index in [-0.39, 0.29) is 17.1 Å². The van der Waals surface area contributed by atoms with E-state index in [4.69, 9.17) is 0 Å². The number of fused-ring (bicyclic) bond motifs is 1. The van der Waals surface area contributed by atoms with E-state index < -0.39 is 0 Å². The Morgan fingerprint density at radius 2 is 2.15 bits per heavy atom. The Balaban J connectivity index is 1.69. The fourth-order valence-electron chi connectivity index (χ4n) is 2.79. The van der Waals surface area contributed by atoms with Gasteiger partial charge in [0.25, 0.3) is 0 Å². The Labute approximate surface area is 167 Å². The zero-order valence-electron chi connectivity index (χ0n) is 15.4. The first-order valence-electron chi connectivity index (χ1n) is 8.84. The molecule has 2 heterocycles. The van der Waals surface area contributed by atoms with E-state index in [9.17, 15) is 10.1 Å². The number of hydrogen-bond acceptors (Lipinski definition) is 7. The monoisotopic (exact) mass is 399 g/mol. The van der Waals surface area contributed by atoms with E-state index in [1.807, 2.05) is 40.8 Å². The van der Waals surface area contributed by atoms with E-state index in [1.165, 1.54) is 23.5 Å². The molecule has 27 heavy (non-hydrogen) atoms. The summed E-state index contributed by atoms with van der Waals surface area (Å²) in [4.78, 5) is 15.7. The second kappa shape index (κ2) is 9.11. The lowest BCUT2D eigenvalue weighted by Crippen LogP contribution is -2.16. The second-order valence-electron chi connectivity index (χ2n) is 6.15. The van der Waals surface area contributed by atoms with Gasteiger partial charge in [0.05, 0.1) is 11.4 Å². The summed E-state index contributed by atoms with van der Waals surface area (Å²) in [6, 6.07) is 10.0. The van der Waals surface area contributed by atoms with E-state index in [2.05, 4.69) is 23.2 Å². The summed E-state index contributed by atoms with van der Waals surface area (Å²) in [5, 5.41) is 19.1. The number of carbonyl (C=O) groups excluding carboxylic acids is 1. The van der Waals surface area contributed by atoms with Gasteiger partial charge in [0.1, 0.15) is 23.0 Å². The van der Waals surface area contributed by atoms with Crippen molar-refractivity contribution in [3.05, 3.63) is 41.2 Å². The van der Waals surface area contributed by atoms with Crippen molar-refractivity contribution in [3.63, 3.8) is 0 Å². The molecule has 0 unspecified atom stereocenters. The molecule has 0 bridgehead atoms. The molecule has 6 nitrogen and oxygen atoms in total. The number of aromatic nitrogens is 3. The molecule has 0 spiro atoms. The van der Waals surface area contributed by atoms with Crippen molar-refractivity contribution in [1.82, 2.24) is 14.8 Å². The molecule has 0 N–H and O–H groups in total. The van der Waals surface area contributed by atoms with E-state index in [0.717, 1.165) is 41.5 Å². The van der Waals surface area contributed by atoms with Crippen LogP contribution in [0.1, 0.15) is 26.2 Å². The van der Waals surface area contributed by atoms with Gasteiger partial charge in [0.15, 0.2) is 10.9 Å². The topological polar surface area (TPSA) is 74.8 Å². The number of para-hydroxylation sites is 1. The third-order valence-electron chi connectivity index (χ3n) is 4.26. The average Bonchev–Trinajstić information content (AvgIpc) is 3.26. The average molecular weight is 400 g/mol. The zero-order valence-corrected chi connectivity index (χ0v) is 17.0. The summed E-state index contributed by atoms with van der Waals surface area (Å²) in [7, 11) is 1.89.